The van der Waals surface area contributed by atoms with Crippen molar-refractivity contribution in [1.29, 1.82) is 0 Å². The monoisotopic (exact) mass is 253 g/mol. The van der Waals surface area contributed by atoms with E-state index in [1.54, 1.807) is 16.8 Å². The molecule has 1 aromatic rings. The molecule has 2 heterocycles. The molecule has 0 saturated heterocycles. The van der Waals surface area contributed by atoms with E-state index in [2.05, 4.69) is 16.7 Å². The number of carbonyl (C=O) groups is 1. The Kier molecular flexibility index (Phi) is 3.86. The molecular formula is C12H16ClN3O. The number of hydrogen-bond acceptors (Lipinski definition) is 2. The standard InChI is InChI=1S/C12H16ClN3O/c1-16-8-10(13)6-11(16)12(17)15-7-9-2-4-14-5-3-9/h2,6,8,14H,3-5,7H2,1H3,(H,15,17). The number of hydrogen-bond donors (Lipinski definition) is 2. The highest BCUT2D eigenvalue weighted by atomic mass is 35.5. The number of nitrogens with one attached hydrogen (secondary N) is 2. The third-order valence-electron chi connectivity index (χ3n) is 2.84. The summed E-state index contributed by atoms with van der Waals surface area (Å²) in [6.07, 6.45) is 4.84. The number of rotatable bonds is 3. The third kappa shape index (κ3) is 3.11. The topological polar surface area (TPSA) is 46.1 Å². The van der Waals surface area contributed by atoms with Gasteiger partial charge in [-0.1, -0.05) is 23.3 Å². The fourth-order valence-corrected chi connectivity index (χ4v) is 2.11. The van der Waals surface area contributed by atoms with E-state index < -0.39 is 0 Å². The zero-order valence-electron chi connectivity index (χ0n) is 9.79. The summed E-state index contributed by atoms with van der Waals surface area (Å²) in [5.74, 6) is -0.0844. The molecule has 0 unspecified atom stereocenters. The van der Waals surface area contributed by atoms with E-state index in [4.69, 9.17) is 11.6 Å². The summed E-state index contributed by atoms with van der Waals surface area (Å²) in [4.78, 5) is 11.9. The molecule has 0 saturated carbocycles. The van der Waals surface area contributed by atoms with Gasteiger partial charge in [0.15, 0.2) is 0 Å². The smallest absolute Gasteiger partial charge is 0.268 e. The SMILES string of the molecule is Cn1cc(Cl)cc1C(=O)NCC1=CCNCC1. The van der Waals surface area contributed by atoms with Gasteiger partial charge in [0.25, 0.3) is 5.91 Å². The van der Waals surface area contributed by atoms with Gasteiger partial charge in [0.2, 0.25) is 0 Å². The van der Waals surface area contributed by atoms with E-state index >= 15 is 0 Å². The summed E-state index contributed by atoms with van der Waals surface area (Å²) in [5, 5.41) is 6.73. The van der Waals surface area contributed by atoms with Crippen molar-refractivity contribution in [2.24, 2.45) is 7.05 Å². The molecule has 17 heavy (non-hydrogen) atoms. The van der Waals surface area contributed by atoms with Crippen LogP contribution in [0.4, 0.5) is 0 Å². The number of carbonyl (C=O) groups excluding carboxylic acids is 1. The predicted octanol–water partition coefficient (Wildman–Crippen LogP) is 1.33. The van der Waals surface area contributed by atoms with Gasteiger partial charge in [-0.15, -0.1) is 0 Å². The van der Waals surface area contributed by atoms with Gasteiger partial charge < -0.3 is 15.2 Å². The number of aryl methyl sites for hydroxylation is 1. The van der Waals surface area contributed by atoms with Crippen LogP contribution in [0, 0.1) is 0 Å². The van der Waals surface area contributed by atoms with Gasteiger partial charge in [0.05, 0.1) is 5.02 Å². The summed E-state index contributed by atoms with van der Waals surface area (Å²) < 4.78 is 1.73. The lowest BCUT2D eigenvalue weighted by Gasteiger charge is -2.14. The van der Waals surface area contributed by atoms with Crippen molar-refractivity contribution in [2.75, 3.05) is 19.6 Å². The Hall–Kier alpha value is -1.26. The van der Waals surface area contributed by atoms with Crippen LogP contribution < -0.4 is 10.6 Å². The van der Waals surface area contributed by atoms with Crippen LogP contribution >= 0.6 is 11.6 Å². The van der Waals surface area contributed by atoms with Crippen LogP contribution in [0.3, 0.4) is 0 Å². The summed E-state index contributed by atoms with van der Waals surface area (Å²) in [6.45, 7) is 2.49. The van der Waals surface area contributed by atoms with Gasteiger partial charge in [0, 0.05) is 26.3 Å². The molecule has 1 aliphatic rings. The Morgan fingerprint density at radius 3 is 3.06 bits per heavy atom. The molecule has 4 nitrogen and oxygen atoms in total. The predicted molar refractivity (Wildman–Crippen MR) is 68.3 cm³/mol. The summed E-state index contributed by atoms with van der Waals surface area (Å²) in [5.41, 5.74) is 1.86. The maximum Gasteiger partial charge on any atom is 0.268 e. The second-order valence-electron chi connectivity index (χ2n) is 4.15. The first-order chi connectivity index (χ1) is 8.16. The van der Waals surface area contributed by atoms with Crippen molar-refractivity contribution in [3.8, 4) is 0 Å². The van der Waals surface area contributed by atoms with Gasteiger partial charge in [-0.2, -0.15) is 0 Å². The van der Waals surface area contributed by atoms with Crippen molar-refractivity contribution in [3.05, 3.63) is 34.6 Å². The van der Waals surface area contributed by atoms with Gasteiger partial charge in [0.1, 0.15) is 5.69 Å². The van der Waals surface area contributed by atoms with Gasteiger partial charge in [-0.3, -0.25) is 4.79 Å². The highest BCUT2D eigenvalue weighted by Gasteiger charge is 2.11. The van der Waals surface area contributed by atoms with Gasteiger partial charge >= 0.3 is 0 Å². The first-order valence-electron chi connectivity index (χ1n) is 5.65. The summed E-state index contributed by atoms with van der Waals surface area (Å²) >= 11 is 5.84. The molecule has 0 fully saturated rings. The van der Waals surface area contributed by atoms with Crippen LogP contribution in [0.1, 0.15) is 16.9 Å². The molecule has 0 aromatic carbocycles. The molecule has 1 aromatic heterocycles. The maximum atomic E-state index is 11.9. The average Bonchev–Trinajstić information content (AvgIpc) is 2.67. The lowest BCUT2D eigenvalue weighted by molar-refractivity contribution is 0.0948. The summed E-state index contributed by atoms with van der Waals surface area (Å²) in [6, 6.07) is 1.67. The number of halogens is 1. The minimum atomic E-state index is -0.0844. The minimum absolute atomic E-state index is 0.0844. The minimum Gasteiger partial charge on any atom is -0.347 e. The summed E-state index contributed by atoms with van der Waals surface area (Å²) in [7, 11) is 1.81. The molecule has 2 rings (SSSR count). The van der Waals surface area contributed by atoms with Crippen molar-refractivity contribution < 1.29 is 4.79 Å². The van der Waals surface area contributed by atoms with Crippen molar-refractivity contribution in [2.45, 2.75) is 6.42 Å². The lowest BCUT2D eigenvalue weighted by atomic mass is 10.1. The zero-order chi connectivity index (χ0) is 12.3. The highest BCUT2D eigenvalue weighted by molar-refractivity contribution is 6.31. The number of nitrogens with zero attached hydrogens (tertiary/aromatic N) is 1. The maximum absolute atomic E-state index is 11.9. The van der Waals surface area contributed by atoms with Crippen molar-refractivity contribution >= 4 is 17.5 Å². The van der Waals surface area contributed by atoms with Crippen LogP contribution in [0.2, 0.25) is 5.02 Å². The van der Waals surface area contributed by atoms with Crippen LogP contribution in [0.15, 0.2) is 23.9 Å². The first-order valence-corrected chi connectivity index (χ1v) is 6.03. The van der Waals surface area contributed by atoms with E-state index in [-0.39, 0.29) is 5.91 Å². The Balaban J connectivity index is 1.93. The average molecular weight is 254 g/mol. The third-order valence-corrected chi connectivity index (χ3v) is 3.04. The molecule has 1 amide bonds. The molecule has 0 spiro atoms. The van der Waals surface area contributed by atoms with E-state index in [0.717, 1.165) is 19.5 Å². The number of amides is 1. The molecule has 1 aliphatic heterocycles. The second-order valence-corrected chi connectivity index (χ2v) is 4.59. The van der Waals surface area contributed by atoms with Crippen LogP contribution in [-0.4, -0.2) is 30.1 Å². The highest BCUT2D eigenvalue weighted by Crippen LogP contribution is 2.12. The van der Waals surface area contributed by atoms with E-state index in [1.807, 2.05) is 7.05 Å². The quantitative estimate of drug-likeness (QED) is 0.799. The van der Waals surface area contributed by atoms with Gasteiger partial charge in [-0.05, 0) is 19.0 Å². The Bertz CT molecular complexity index is 451. The molecule has 0 atom stereocenters. The Labute approximate surface area is 106 Å². The fourth-order valence-electron chi connectivity index (χ4n) is 1.86. The van der Waals surface area contributed by atoms with Crippen LogP contribution in [-0.2, 0) is 7.05 Å². The molecule has 0 aliphatic carbocycles. The normalized spacial score (nSPS) is 15.5. The van der Waals surface area contributed by atoms with E-state index in [1.165, 1.54) is 5.57 Å². The second kappa shape index (κ2) is 5.38. The molecule has 92 valence electrons. The van der Waals surface area contributed by atoms with Crippen molar-refractivity contribution in [1.82, 2.24) is 15.2 Å². The largest absolute Gasteiger partial charge is 0.347 e. The van der Waals surface area contributed by atoms with Crippen LogP contribution in [0.25, 0.3) is 0 Å². The molecule has 2 N–H and O–H groups in total. The zero-order valence-corrected chi connectivity index (χ0v) is 10.5. The van der Waals surface area contributed by atoms with Crippen LogP contribution in [0.5, 0.6) is 0 Å². The molecule has 0 radical (unpaired) electrons. The van der Waals surface area contributed by atoms with Gasteiger partial charge in [-0.25, -0.2) is 0 Å². The molecular weight excluding hydrogens is 238 g/mol. The Morgan fingerprint density at radius 2 is 2.47 bits per heavy atom. The fraction of sp³-hybridized carbons (Fsp3) is 0.417. The van der Waals surface area contributed by atoms with E-state index in [9.17, 15) is 4.79 Å². The first kappa shape index (κ1) is 12.2. The van der Waals surface area contributed by atoms with E-state index in [0.29, 0.717) is 17.3 Å². The molecule has 5 heteroatoms. The Morgan fingerprint density at radius 1 is 1.65 bits per heavy atom. The number of aromatic nitrogens is 1. The molecule has 0 bridgehead atoms. The van der Waals surface area contributed by atoms with Crippen molar-refractivity contribution in [3.63, 3.8) is 0 Å². The lowest BCUT2D eigenvalue weighted by Crippen LogP contribution is -2.30.